The number of hydrogen-bond donors (Lipinski definition) is 1. The van der Waals surface area contributed by atoms with Crippen molar-refractivity contribution in [2.45, 2.75) is 5.88 Å². The van der Waals surface area contributed by atoms with Crippen molar-refractivity contribution in [3.05, 3.63) is 29.8 Å². The van der Waals surface area contributed by atoms with Crippen LogP contribution in [0.4, 0.5) is 5.69 Å². The van der Waals surface area contributed by atoms with Crippen LogP contribution in [0.3, 0.4) is 0 Å². The molecule has 0 saturated heterocycles. The Bertz CT molecular complexity index is 317. The average Bonchev–Trinajstić information content (AvgIpc) is 2.19. The Hall–Kier alpha value is -0.670. The third kappa shape index (κ3) is 3.24. The van der Waals surface area contributed by atoms with E-state index in [2.05, 4.69) is 5.32 Å². The Morgan fingerprint density at radius 3 is 2.86 bits per heavy atom. The predicted octanol–water partition coefficient (Wildman–Crippen LogP) is 2.73. The molecule has 1 aromatic rings. The molecule has 1 aromatic carbocycles. The van der Waals surface area contributed by atoms with Crippen LogP contribution in [-0.4, -0.2) is 17.9 Å². The number of amides is 1. The highest BCUT2D eigenvalue weighted by Crippen LogP contribution is 2.17. The van der Waals surface area contributed by atoms with Gasteiger partial charge in [-0.25, -0.2) is 0 Å². The molecule has 0 spiro atoms. The van der Waals surface area contributed by atoms with E-state index in [0.717, 1.165) is 11.3 Å². The number of carbonyl (C=O) groups excluding carboxylic acids is 1. The zero-order chi connectivity index (χ0) is 10.4. The van der Waals surface area contributed by atoms with Crippen LogP contribution in [-0.2, 0) is 10.7 Å². The van der Waals surface area contributed by atoms with Gasteiger partial charge in [-0.05, 0) is 17.9 Å². The number of benzene rings is 1. The molecule has 0 aliphatic carbocycles. The van der Waals surface area contributed by atoms with Crippen LogP contribution in [0.2, 0.25) is 0 Å². The standard InChI is InChI=1S/C10H12ClNOS/c1-14-7-10(13)12-9-5-3-2-4-8(9)6-11/h2-5H,6-7H2,1H3,(H,12,13). The Balaban J connectivity index is 2.70. The Kier molecular flexibility index (Phi) is 4.84. The van der Waals surface area contributed by atoms with Crippen molar-refractivity contribution >= 4 is 35.0 Å². The minimum atomic E-state index is 0.00932. The van der Waals surface area contributed by atoms with Gasteiger partial charge in [0.15, 0.2) is 0 Å². The van der Waals surface area contributed by atoms with Gasteiger partial charge in [-0.2, -0.15) is 11.8 Å². The quantitative estimate of drug-likeness (QED) is 0.805. The van der Waals surface area contributed by atoms with E-state index in [1.807, 2.05) is 30.5 Å². The van der Waals surface area contributed by atoms with Gasteiger partial charge in [-0.3, -0.25) is 4.79 Å². The summed E-state index contributed by atoms with van der Waals surface area (Å²) in [5.41, 5.74) is 1.75. The molecule has 0 fully saturated rings. The summed E-state index contributed by atoms with van der Waals surface area (Å²) in [5, 5.41) is 2.82. The van der Waals surface area contributed by atoms with Crippen molar-refractivity contribution in [1.29, 1.82) is 0 Å². The van der Waals surface area contributed by atoms with E-state index >= 15 is 0 Å². The lowest BCUT2D eigenvalue weighted by Gasteiger charge is -2.07. The SMILES string of the molecule is CSCC(=O)Nc1ccccc1CCl. The minimum Gasteiger partial charge on any atom is -0.325 e. The van der Waals surface area contributed by atoms with Crippen molar-refractivity contribution in [1.82, 2.24) is 0 Å². The van der Waals surface area contributed by atoms with Gasteiger partial charge in [0.05, 0.1) is 5.75 Å². The second kappa shape index (κ2) is 5.94. The summed E-state index contributed by atoms with van der Waals surface area (Å²) in [7, 11) is 0. The summed E-state index contributed by atoms with van der Waals surface area (Å²) in [6.45, 7) is 0. The van der Waals surface area contributed by atoms with Crippen molar-refractivity contribution in [2.75, 3.05) is 17.3 Å². The fourth-order valence-corrected chi connectivity index (χ4v) is 1.64. The second-order valence-electron chi connectivity index (χ2n) is 2.77. The zero-order valence-corrected chi connectivity index (χ0v) is 9.49. The molecule has 2 nitrogen and oxygen atoms in total. The highest BCUT2D eigenvalue weighted by atomic mass is 35.5. The van der Waals surface area contributed by atoms with Crippen LogP contribution in [0.5, 0.6) is 0 Å². The maximum atomic E-state index is 11.3. The third-order valence-corrected chi connectivity index (χ3v) is 2.55. The van der Waals surface area contributed by atoms with Gasteiger partial charge in [-0.15, -0.1) is 11.6 Å². The van der Waals surface area contributed by atoms with Crippen LogP contribution < -0.4 is 5.32 Å². The summed E-state index contributed by atoms with van der Waals surface area (Å²) in [6.07, 6.45) is 1.90. The molecule has 0 unspecified atom stereocenters. The number of anilines is 1. The van der Waals surface area contributed by atoms with Crippen LogP contribution in [0, 0.1) is 0 Å². The van der Waals surface area contributed by atoms with E-state index in [1.54, 1.807) is 0 Å². The number of thioether (sulfide) groups is 1. The summed E-state index contributed by atoms with van der Waals surface area (Å²) < 4.78 is 0. The first-order valence-corrected chi connectivity index (χ1v) is 6.13. The normalized spacial score (nSPS) is 9.86. The van der Waals surface area contributed by atoms with Crippen molar-refractivity contribution < 1.29 is 4.79 Å². The number of alkyl halides is 1. The van der Waals surface area contributed by atoms with E-state index in [4.69, 9.17) is 11.6 Å². The molecule has 76 valence electrons. The molecule has 14 heavy (non-hydrogen) atoms. The highest BCUT2D eigenvalue weighted by Gasteiger charge is 2.04. The van der Waals surface area contributed by atoms with Gasteiger partial charge in [-0.1, -0.05) is 18.2 Å². The molecule has 0 radical (unpaired) electrons. The molecule has 0 aliphatic rings. The van der Waals surface area contributed by atoms with Crippen LogP contribution in [0.25, 0.3) is 0 Å². The number of carbonyl (C=O) groups is 1. The summed E-state index contributed by atoms with van der Waals surface area (Å²) in [6, 6.07) is 7.55. The molecular formula is C10H12ClNOS. The van der Waals surface area contributed by atoms with Crippen molar-refractivity contribution in [3.8, 4) is 0 Å². The Morgan fingerprint density at radius 1 is 1.50 bits per heavy atom. The largest absolute Gasteiger partial charge is 0.325 e. The van der Waals surface area contributed by atoms with E-state index < -0.39 is 0 Å². The molecule has 1 amide bonds. The molecule has 0 aliphatic heterocycles. The van der Waals surface area contributed by atoms with Crippen LogP contribution >= 0.6 is 23.4 Å². The Labute approximate surface area is 93.0 Å². The van der Waals surface area contributed by atoms with Gasteiger partial charge < -0.3 is 5.32 Å². The fourth-order valence-electron chi connectivity index (χ4n) is 1.08. The number of hydrogen-bond acceptors (Lipinski definition) is 2. The van der Waals surface area contributed by atoms with Crippen LogP contribution in [0.15, 0.2) is 24.3 Å². The smallest absolute Gasteiger partial charge is 0.234 e. The van der Waals surface area contributed by atoms with Crippen molar-refractivity contribution in [3.63, 3.8) is 0 Å². The van der Waals surface area contributed by atoms with Gasteiger partial charge in [0.2, 0.25) is 5.91 Å². The van der Waals surface area contributed by atoms with Crippen molar-refractivity contribution in [2.24, 2.45) is 0 Å². The number of halogens is 1. The fraction of sp³-hybridized carbons (Fsp3) is 0.300. The van der Waals surface area contributed by atoms with Gasteiger partial charge in [0.1, 0.15) is 0 Å². The molecule has 1 N–H and O–H groups in total. The number of nitrogens with one attached hydrogen (secondary N) is 1. The lowest BCUT2D eigenvalue weighted by Crippen LogP contribution is -2.14. The first-order chi connectivity index (χ1) is 6.77. The summed E-state index contributed by atoms with van der Waals surface area (Å²) in [5.74, 6) is 0.891. The third-order valence-electron chi connectivity index (χ3n) is 1.71. The molecule has 0 heterocycles. The lowest BCUT2D eigenvalue weighted by atomic mass is 10.2. The maximum Gasteiger partial charge on any atom is 0.234 e. The van der Waals surface area contributed by atoms with E-state index in [0.29, 0.717) is 11.6 Å². The molecule has 4 heteroatoms. The maximum absolute atomic E-state index is 11.3. The highest BCUT2D eigenvalue weighted by molar-refractivity contribution is 7.99. The predicted molar refractivity (Wildman–Crippen MR) is 63.0 cm³/mol. The summed E-state index contributed by atoms with van der Waals surface area (Å²) >= 11 is 7.23. The number of para-hydroxylation sites is 1. The molecule has 0 aromatic heterocycles. The first-order valence-electron chi connectivity index (χ1n) is 4.20. The van der Waals surface area contributed by atoms with Gasteiger partial charge >= 0.3 is 0 Å². The first kappa shape index (κ1) is 11.4. The van der Waals surface area contributed by atoms with Crippen LogP contribution in [0.1, 0.15) is 5.56 Å². The number of rotatable bonds is 4. The molecule has 0 bridgehead atoms. The average molecular weight is 230 g/mol. The van der Waals surface area contributed by atoms with Gasteiger partial charge in [0, 0.05) is 11.6 Å². The van der Waals surface area contributed by atoms with Gasteiger partial charge in [0.25, 0.3) is 0 Å². The lowest BCUT2D eigenvalue weighted by molar-refractivity contribution is -0.113. The molecular weight excluding hydrogens is 218 g/mol. The second-order valence-corrected chi connectivity index (χ2v) is 3.91. The Morgan fingerprint density at radius 2 is 2.21 bits per heavy atom. The zero-order valence-electron chi connectivity index (χ0n) is 7.92. The van der Waals surface area contributed by atoms with E-state index in [9.17, 15) is 4.79 Å². The van der Waals surface area contributed by atoms with E-state index in [1.165, 1.54) is 11.8 Å². The van der Waals surface area contributed by atoms with E-state index in [-0.39, 0.29) is 5.91 Å². The summed E-state index contributed by atoms with van der Waals surface area (Å²) in [4.78, 5) is 11.3. The monoisotopic (exact) mass is 229 g/mol. The molecule has 0 atom stereocenters. The minimum absolute atomic E-state index is 0.00932. The molecule has 0 saturated carbocycles. The topological polar surface area (TPSA) is 29.1 Å². The molecule has 1 rings (SSSR count).